The largest absolute Gasteiger partial charge is 0.481 e. The summed E-state index contributed by atoms with van der Waals surface area (Å²) >= 11 is 0. The second-order valence-electron chi connectivity index (χ2n) is 3.89. The van der Waals surface area contributed by atoms with E-state index in [0.29, 0.717) is 6.42 Å². The van der Waals surface area contributed by atoms with Gasteiger partial charge in [0.05, 0.1) is 11.8 Å². The molecule has 1 aromatic heterocycles. The zero-order valence-corrected chi connectivity index (χ0v) is 8.83. The molecular weight excluding hydrogens is 208 g/mol. The van der Waals surface area contributed by atoms with E-state index in [4.69, 9.17) is 5.11 Å². The van der Waals surface area contributed by atoms with Gasteiger partial charge in [0.15, 0.2) is 0 Å². The van der Waals surface area contributed by atoms with Crippen LogP contribution in [-0.2, 0) is 9.59 Å². The van der Waals surface area contributed by atoms with Gasteiger partial charge in [0, 0.05) is 25.1 Å². The Labute approximate surface area is 92.7 Å². The summed E-state index contributed by atoms with van der Waals surface area (Å²) in [5, 5.41) is 8.74. The van der Waals surface area contributed by atoms with Crippen molar-refractivity contribution in [1.82, 2.24) is 4.98 Å². The van der Waals surface area contributed by atoms with E-state index >= 15 is 0 Å². The number of hydrogen-bond donors (Lipinski definition) is 1. The topological polar surface area (TPSA) is 70.5 Å². The van der Waals surface area contributed by atoms with Crippen LogP contribution in [0.5, 0.6) is 0 Å². The van der Waals surface area contributed by atoms with Crippen LogP contribution < -0.4 is 4.90 Å². The highest BCUT2D eigenvalue weighted by Crippen LogP contribution is 2.40. The minimum atomic E-state index is -0.888. The van der Waals surface area contributed by atoms with Crippen LogP contribution in [0.3, 0.4) is 0 Å². The minimum absolute atomic E-state index is 0.140. The van der Waals surface area contributed by atoms with Gasteiger partial charge < -0.3 is 10.0 Å². The van der Waals surface area contributed by atoms with Crippen LogP contribution in [-0.4, -0.2) is 29.0 Å². The normalized spacial score (nSPS) is 22.6. The molecule has 0 spiro atoms. The minimum Gasteiger partial charge on any atom is -0.481 e. The van der Waals surface area contributed by atoms with Crippen LogP contribution in [0.4, 0.5) is 5.69 Å². The number of carbonyl (C=O) groups excluding carboxylic acids is 1. The number of aromatic nitrogens is 1. The number of carboxylic acid groups (broad SMARTS) is 1. The Kier molecular flexibility index (Phi) is 2.60. The van der Waals surface area contributed by atoms with Gasteiger partial charge in [-0.3, -0.25) is 14.6 Å². The van der Waals surface area contributed by atoms with Crippen molar-refractivity contribution in [3.63, 3.8) is 0 Å². The predicted octanol–water partition coefficient (Wildman–Crippen LogP) is 0.765. The fourth-order valence-corrected chi connectivity index (χ4v) is 1.68. The summed E-state index contributed by atoms with van der Waals surface area (Å²) in [4.78, 5) is 27.9. The monoisotopic (exact) mass is 220 g/mol. The van der Waals surface area contributed by atoms with Crippen LogP contribution in [0.15, 0.2) is 24.5 Å². The number of nitrogens with zero attached hydrogens (tertiary/aromatic N) is 2. The third kappa shape index (κ3) is 1.88. The Morgan fingerprint density at radius 3 is 2.50 bits per heavy atom. The molecule has 1 aromatic rings. The van der Waals surface area contributed by atoms with Gasteiger partial charge in [-0.2, -0.15) is 0 Å². The zero-order chi connectivity index (χ0) is 11.7. The number of anilines is 1. The first-order valence-corrected chi connectivity index (χ1v) is 5.01. The zero-order valence-electron chi connectivity index (χ0n) is 8.83. The molecular formula is C11H12N2O3. The van der Waals surface area contributed by atoms with Crippen LogP contribution in [0, 0.1) is 11.8 Å². The molecule has 1 aliphatic rings. The lowest BCUT2D eigenvalue weighted by Gasteiger charge is -2.16. The van der Waals surface area contributed by atoms with Crippen molar-refractivity contribution < 1.29 is 14.7 Å². The van der Waals surface area contributed by atoms with E-state index in [0.717, 1.165) is 5.69 Å². The third-order valence-corrected chi connectivity index (χ3v) is 2.81. The Balaban J connectivity index is 2.04. The van der Waals surface area contributed by atoms with E-state index in [9.17, 15) is 9.59 Å². The number of amides is 1. The smallest absolute Gasteiger partial charge is 0.307 e. The van der Waals surface area contributed by atoms with Crippen LogP contribution in [0.1, 0.15) is 6.42 Å². The van der Waals surface area contributed by atoms with Gasteiger partial charge in [0.2, 0.25) is 5.91 Å². The number of aliphatic carboxylic acids is 1. The lowest BCUT2D eigenvalue weighted by Crippen LogP contribution is -2.28. The molecule has 5 nitrogen and oxygen atoms in total. The number of rotatable bonds is 3. The van der Waals surface area contributed by atoms with E-state index in [1.54, 1.807) is 31.6 Å². The van der Waals surface area contributed by atoms with Crippen molar-refractivity contribution in [3.05, 3.63) is 24.5 Å². The molecule has 0 aliphatic heterocycles. The third-order valence-electron chi connectivity index (χ3n) is 2.81. The molecule has 0 bridgehead atoms. The molecule has 2 atom stereocenters. The maximum Gasteiger partial charge on any atom is 0.307 e. The highest BCUT2D eigenvalue weighted by Gasteiger charge is 2.49. The first-order valence-electron chi connectivity index (χ1n) is 5.01. The van der Waals surface area contributed by atoms with Crippen molar-refractivity contribution in [2.24, 2.45) is 11.8 Å². The Hall–Kier alpha value is -1.91. The summed E-state index contributed by atoms with van der Waals surface area (Å²) in [5.74, 6) is -1.90. The van der Waals surface area contributed by atoms with Crippen molar-refractivity contribution in [2.45, 2.75) is 6.42 Å². The highest BCUT2D eigenvalue weighted by molar-refractivity contribution is 5.99. The van der Waals surface area contributed by atoms with Gasteiger partial charge in [-0.05, 0) is 18.6 Å². The maximum absolute atomic E-state index is 11.9. The van der Waals surface area contributed by atoms with Crippen molar-refractivity contribution in [3.8, 4) is 0 Å². The molecule has 0 saturated heterocycles. The summed E-state index contributed by atoms with van der Waals surface area (Å²) in [5.41, 5.74) is 0.732. The summed E-state index contributed by atoms with van der Waals surface area (Å²) in [6, 6.07) is 3.44. The van der Waals surface area contributed by atoms with Crippen molar-refractivity contribution in [2.75, 3.05) is 11.9 Å². The first-order chi connectivity index (χ1) is 7.61. The van der Waals surface area contributed by atoms with E-state index in [2.05, 4.69) is 4.98 Å². The molecule has 1 N–H and O–H groups in total. The quantitative estimate of drug-likeness (QED) is 0.816. The molecule has 1 saturated carbocycles. The average molecular weight is 220 g/mol. The van der Waals surface area contributed by atoms with E-state index in [1.165, 1.54) is 4.90 Å². The highest BCUT2D eigenvalue weighted by atomic mass is 16.4. The molecule has 2 rings (SSSR count). The molecule has 0 radical (unpaired) electrons. The number of hydrogen-bond acceptors (Lipinski definition) is 3. The van der Waals surface area contributed by atoms with E-state index < -0.39 is 11.9 Å². The van der Waals surface area contributed by atoms with Gasteiger partial charge in [-0.1, -0.05) is 0 Å². The molecule has 1 fully saturated rings. The fraction of sp³-hybridized carbons (Fsp3) is 0.364. The molecule has 1 amide bonds. The van der Waals surface area contributed by atoms with Gasteiger partial charge in [0.25, 0.3) is 0 Å². The van der Waals surface area contributed by atoms with Crippen molar-refractivity contribution >= 4 is 17.6 Å². The summed E-state index contributed by atoms with van der Waals surface area (Å²) in [6.07, 6.45) is 3.64. The van der Waals surface area contributed by atoms with Gasteiger partial charge >= 0.3 is 5.97 Å². The average Bonchev–Trinajstić information content (AvgIpc) is 3.08. The van der Waals surface area contributed by atoms with Crippen LogP contribution >= 0.6 is 0 Å². The second kappa shape index (κ2) is 3.92. The number of carbonyl (C=O) groups is 2. The van der Waals surface area contributed by atoms with Gasteiger partial charge in [-0.15, -0.1) is 0 Å². The van der Waals surface area contributed by atoms with Gasteiger partial charge in [0.1, 0.15) is 0 Å². The van der Waals surface area contributed by atoms with Crippen LogP contribution in [0.2, 0.25) is 0 Å². The second-order valence-corrected chi connectivity index (χ2v) is 3.89. The fourth-order valence-electron chi connectivity index (χ4n) is 1.68. The molecule has 5 heteroatoms. The van der Waals surface area contributed by atoms with Crippen LogP contribution in [0.25, 0.3) is 0 Å². The number of carboxylic acids is 1. The first kappa shape index (κ1) is 10.6. The lowest BCUT2D eigenvalue weighted by molar-refractivity contribution is -0.139. The predicted molar refractivity (Wildman–Crippen MR) is 56.9 cm³/mol. The SMILES string of the molecule is CN(C(=O)[C@@H]1C[C@@H]1C(=O)O)c1ccncc1. The Morgan fingerprint density at radius 1 is 1.38 bits per heavy atom. The summed E-state index contributed by atoms with van der Waals surface area (Å²) < 4.78 is 0. The summed E-state index contributed by atoms with van der Waals surface area (Å²) in [7, 11) is 1.65. The van der Waals surface area contributed by atoms with E-state index in [1.807, 2.05) is 0 Å². The molecule has 16 heavy (non-hydrogen) atoms. The van der Waals surface area contributed by atoms with Gasteiger partial charge in [-0.25, -0.2) is 0 Å². The molecule has 0 aromatic carbocycles. The Morgan fingerprint density at radius 2 is 2.00 bits per heavy atom. The number of pyridine rings is 1. The molecule has 1 heterocycles. The molecule has 0 unspecified atom stereocenters. The molecule has 84 valence electrons. The summed E-state index contributed by atoms with van der Waals surface area (Å²) in [6.45, 7) is 0. The van der Waals surface area contributed by atoms with Crippen molar-refractivity contribution in [1.29, 1.82) is 0 Å². The maximum atomic E-state index is 11.9. The van der Waals surface area contributed by atoms with E-state index in [-0.39, 0.29) is 11.8 Å². The lowest BCUT2D eigenvalue weighted by atomic mass is 10.2. The standard InChI is InChI=1S/C11H12N2O3/c1-13(7-2-4-12-5-3-7)10(14)8-6-9(8)11(15)16/h2-5,8-9H,6H2,1H3,(H,15,16)/t8-,9+/m1/s1. The molecule has 1 aliphatic carbocycles. The Bertz CT molecular complexity index is 418.